The summed E-state index contributed by atoms with van der Waals surface area (Å²) >= 11 is 7.36. The van der Waals surface area contributed by atoms with Crippen molar-refractivity contribution in [3.63, 3.8) is 0 Å². The third-order valence-corrected chi connectivity index (χ3v) is 8.54. The van der Waals surface area contributed by atoms with E-state index in [0.717, 1.165) is 10.4 Å². The van der Waals surface area contributed by atoms with E-state index in [1.54, 1.807) is 24.3 Å². The zero-order valence-corrected chi connectivity index (χ0v) is 18.4. The van der Waals surface area contributed by atoms with Crippen LogP contribution in [0, 0.1) is 19.8 Å². The highest BCUT2D eigenvalue weighted by atomic mass is 35.5. The number of carbonyl (C=O) groups is 1. The standard InChI is InChI=1S/C19H23ClN2O4S2/c1-12-9-16(17(26-3)10-15(12)20)21-19(23)14-5-4-8-22(11-14)28(24,25)18-7-6-13(2)27-18/h6-7,9-10,14H,4-5,8,11H2,1-3H3,(H,21,23). The van der Waals surface area contributed by atoms with Crippen LogP contribution in [0.15, 0.2) is 28.5 Å². The topological polar surface area (TPSA) is 75.7 Å². The third-order valence-electron chi connectivity index (χ3n) is 4.80. The molecule has 28 heavy (non-hydrogen) atoms. The summed E-state index contributed by atoms with van der Waals surface area (Å²) < 4.78 is 32.8. The molecule has 1 N–H and O–H groups in total. The molecule has 1 aliphatic rings. The lowest BCUT2D eigenvalue weighted by atomic mass is 9.98. The van der Waals surface area contributed by atoms with E-state index in [2.05, 4.69) is 5.32 Å². The van der Waals surface area contributed by atoms with E-state index in [4.69, 9.17) is 16.3 Å². The number of ether oxygens (including phenoxy) is 1. The van der Waals surface area contributed by atoms with Crippen molar-refractivity contribution in [2.75, 3.05) is 25.5 Å². The van der Waals surface area contributed by atoms with Crippen molar-refractivity contribution < 1.29 is 17.9 Å². The van der Waals surface area contributed by atoms with Crippen molar-refractivity contribution >= 4 is 44.6 Å². The molecule has 2 aromatic rings. The molecule has 1 aromatic carbocycles. The average Bonchev–Trinajstić information content (AvgIpc) is 3.11. The second-order valence-corrected chi connectivity index (χ2v) is 10.7. The first-order chi connectivity index (χ1) is 13.2. The first-order valence-corrected chi connectivity index (χ1v) is 11.6. The summed E-state index contributed by atoms with van der Waals surface area (Å²) in [5, 5.41) is 3.43. The Labute approximate surface area is 174 Å². The summed E-state index contributed by atoms with van der Waals surface area (Å²) in [6, 6.07) is 6.83. The number of halogens is 1. The van der Waals surface area contributed by atoms with Gasteiger partial charge in [-0.2, -0.15) is 4.31 Å². The molecular formula is C19H23ClN2O4S2. The van der Waals surface area contributed by atoms with E-state index in [-0.39, 0.29) is 12.5 Å². The predicted octanol–water partition coefficient (Wildman–Crippen LogP) is 4.07. The molecule has 6 nitrogen and oxygen atoms in total. The van der Waals surface area contributed by atoms with Crippen molar-refractivity contribution in [3.8, 4) is 5.75 Å². The molecule has 1 unspecified atom stereocenters. The van der Waals surface area contributed by atoms with Crippen LogP contribution in [0.3, 0.4) is 0 Å². The Kier molecular flexibility index (Phi) is 6.34. The van der Waals surface area contributed by atoms with Crippen molar-refractivity contribution in [1.29, 1.82) is 0 Å². The number of nitrogens with zero attached hydrogens (tertiary/aromatic N) is 1. The number of nitrogens with one attached hydrogen (secondary N) is 1. The minimum atomic E-state index is -3.58. The molecule has 1 atom stereocenters. The average molecular weight is 443 g/mol. The molecule has 0 bridgehead atoms. The molecule has 1 aliphatic heterocycles. The van der Waals surface area contributed by atoms with Gasteiger partial charge in [0.2, 0.25) is 5.91 Å². The largest absolute Gasteiger partial charge is 0.495 e. The molecule has 9 heteroatoms. The second kappa shape index (κ2) is 8.41. The van der Waals surface area contributed by atoms with Gasteiger partial charge in [-0.3, -0.25) is 4.79 Å². The van der Waals surface area contributed by atoms with Gasteiger partial charge < -0.3 is 10.1 Å². The molecule has 152 valence electrons. The third kappa shape index (κ3) is 4.35. The molecule has 3 rings (SSSR count). The number of carbonyl (C=O) groups excluding carboxylic acids is 1. The lowest BCUT2D eigenvalue weighted by Crippen LogP contribution is -2.43. The lowest BCUT2D eigenvalue weighted by molar-refractivity contribution is -0.120. The fraction of sp³-hybridized carbons (Fsp3) is 0.421. The van der Waals surface area contributed by atoms with Gasteiger partial charge in [0, 0.05) is 29.1 Å². The van der Waals surface area contributed by atoms with E-state index >= 15 is 0 Å². The molecule has 1 fully saturated rings. The van der Waals surface area contributed by atoms with Crippen LogP contribution < -0.4 is 10.1 Å². The number of rotatable bonds is 5. The van der Waals surface area contributed by atoms with Gasteiger partial charge in [-0.15, -0.1) is 11.3 Å². The second-order valence-electron chi connectivity index (χ2n) is 6.86. The highest BCUT2D eigenvalue weighted by Crippen LogP contribution is 2.33. The number of hydrogen-bond donors (Lipinski definition) is 1. The van der Waals surface area contributed by atoms with Gasteiger partial charge >= 0.3 is 0 Å². The van der Waals surface area contributed by atoms with E-state index in [9.17, 15) is 13.2 Å². The van der Waals surface area contributed by atoms with Crippen LogP contribution in [0.2, 0.25) is 5.02 Å². The molecule has 0 aliphatic carbocycles. The highest BCUT2D eigenvalue weighted by Gasteiger charge is 2.34. The smallest absolute Gasteiger partial charge is 0.252 e. The lowest BCUT2D eigenvalue weighted by Gasteiger charge is -2.31. The molecule has 2 heterocycles. The fourth-order valence-corrected chi connectivity index (χ4v) is 6.33. The van der Waals surface area contributed by atoms with Gasteiger partial charge in [0.25, 0.3) is 10.0 Å². The van der Waals surface area contributed by atoms with E-state index in [0.29, 0.717) is 40.1 Å². The molecule has 1 saturated heterocycles. The van der Waals surface area contributed by atoms with E-state index in [1.807, 2.05) is 13.8 Å². The molecule has 0 saturated carbocycles. The minimum Gasteiger partial charge on any atom is -0.495 e. The summed E-state index contributed by atoms with van der Waals surface area (Å²) in [6.07, 6.45) is 1.27. The molecular weight excluding hydrogens is 420 g/mol. The Morgan fingerprint density at radius 3 is 2.71 bits per heavy atom. The van der Waals surface area contributed by atoms with Crippen molar-refractivity contribution in [3.05, 3.63) is 39.7 Å². The van der Waals surface area contributed by atoms with Gasteiger partial charge in [0.1, 0.15) is 9.96 Å². The number of thiophene rings is 1. The van der Waals surface area contributed by atoms with Crippen LogP contribution >= 0.6 is 22.9 Å². The van der Waals surface area contributed by atoms with Crippen LogP contribution in [0.4, 0.5) is 5.69 Å². The predicted molar refractivity (Wildman–Crippen MR) is 112 cm³/mol. The Hall–Kier alpha value is -1.61. The van der Waals surface area contributed by atoms with Crippen LogP contribution in [0.5, 0.6) is 5.75 Å². The fourth-order valence-electron chi connectivity index (χ4n) is 3.22. The quantitative estimate of drug-likeness (QED) is 0.757. The Bertz CT molecular complexity index is 988. The number of methoxy groups -OCH3 is 1. The summed E-state index contributed by atoms with van der Waals surface area (Å²) in [6.45, 7) is 4.30. The number of anilines is 1. The Balaban J connectivity index is 1.76. The molecule has 0 spiro atoms. The van der Waals surface area contributed by atoms with Crippen LogP contribution in [0.1, 0.15) is 23.3 Å². The SMILES string of the molecule is COc1cc(Cl)c(C)cc1NC(=O)C1CCCN(S(=O)(=O)c2ccc(C)s2)C1. The van der Waals surface area contributed by atoms with Gasteiger partial charge in [0.15, 0.2) is 0 Å². The first-order valence-electron chi connectivity index (χ1n) is 8.94. The van der Waals surface area contributed by atoms with Crippen molar-refractivity contribution in [1.82, 2.24) is 4.31 Å². The first kappa shape index (κ1) is 21.1. The maximum atomic E-state index is 12.9. The number of benzene rings is 1. The minimum absolute atomic E-state index is 0.167. The zero-order valence-electron chi connectivity index (χ0n) is 16.0. The van der Waals surface area contributed by atoms with Gasteiger partial charge in [0.05, 0.1) is 18.7 Å². The number of sulfonamides is 1. The Morgan fingerprint density at radius 2 is 2.07 bits per heavy atom. The highest BCUT2D eigenvalue weighted by molar-refractivity contribution is 7.91. The number of aryl methyl sites for hydroxylation is 2. The monoisotopic (exact) mass is 442 g/mol. The van der Waals surface area contributed by atoms with E-state index < -0.39 is 15.9 Å². The van der Waals surface area contributed by atoms with Crippen LogP contribution in [0.25, 0.3) is 0 Å². The molecule has 1 aromatic heterocycles. The summed E-state index contributed by atoms with van der Waals surface area (Å²) in [4.78, 5) is 13.8. The van der Waals surface area contributed by atoms with Gasteiger partial charge in [-0.1, -0.05) is 11.6 Å². The van der Waals surface area contributed by atoms with Gasteiger partial charge in [-0.25, -0.2) is 8.42 Å². The van der Waals surface area contributed by atoms with Crippen molar-refractivity contribution in [2.24, 2.45) is 5.92 Å². The summed E-state index contributed by atoms with van der Waals surface area (Å²) in [7, 11) is -2.07. The van der Waals surface area contributed by atoms with Crippen LogP contribution in [-0.4, -0.2) is 38.8 Å². The van der Waals surface area contributed by atoms with Gasteiger partial charge in [-0.05, 0) is 50.5 Å². The number of amides is 1. The Morgan fingerprint density at radius 1 is 1.32 bits per heavy atom. The maximum absolute atomic E-state index is 12.9. The zero-order chi connectivity index (χ0) is 20.5. The normalized spacial score (nSPS) is 18.1. The van der Waals surface area contributed by atoms with E-state index in [1.165, 1.54) is 22.8 Å². The van der Waals surface area contributed by atoms with Crippen LogP contribution in [-0.2, 0) is 14.8 Å². The summed E-state index contributed by atoms with van der Waals surface area (Å²) in [5.41, 5.74) is 1.35. The van der Waals surface area contributed by atoms with Crippen molar-refractivity contribution in [2.45, 2.75) is 30.9 Å². The maximum Gasteiger partial charge on any atom is 0.252 e. The number of hydrogen-bond acceptors (Lipinski definition) is 5. The summed E-state index contributed by atoms with van der Waals surface area (Å²) in [5.74, 6) is -0.175. The molecule has 0 radical (unpaired) electrons. The molecule has 1 amide bonds. The number of piperidine rings is 1.